The predicted octanol–water partition coefficient (Wildman–Crippen LogP) is 4.71. The molecule has 170 valence electrons. The standard InChI is InChI=1S/C23H21N3O5S2/c1-31-23(28)21-17-11-12-25(13-15-5-3-2-4-6-15)14-18(17)33-22(21)24-19(27)9-7-16-8-10-20(32-16)26(29)30/h2-10H,11-14H2,1H3,(H,24,27)/b9-7+. The first kappa shape index (κ1) is 22.8. The Kier molecular flexibility index (Phi) is 6.97. The number of anilines is 1. The summed E-state index contributed by atoms with van der Waals surface area (Å²) in [4.78, 5) is 39.3. The average molecular weight is 484 g/mol. The van der Waals surface area contributed by atoms with Gasteiger partial charge in [0, 0.05) is 41.5 Å². The van der Waals surface area contributed by atoms with Gasteiger partial charge in [0.1, 0.15) is 5.00 Å². The lowest BCUT2D eigenvalue weighted by atomic mass is 10.0. The van der Waals surface area contributed by atoms with Crippen molar-refractivity contribution < 1.29 is 19.2 Å². The van der Waals surface area contributed by atoms with Gasteiger partial charge in [-0.3, -0.25) is 19.8 Å². The minimum atomic E-state index is -0.475. The maximum atomic E-state index is 12.5. The Bertz CT molecular complexity index is 1220. The second-order valence-electron chi connectivity index (χ2n) is 7.40. The molecule has 0 aliphatic carbocycles. The zero-order valence-electron chi connectivity index (χ0n) is 17.8. The number of hydrogen-bond acceptors (Lipinski definition) is 8. The molecule has 0 radical (unpaired) electrons. The molecule has 1 aromatic carbocycles. The van der Waals surface area contributed by atoms with E-state index in [1.165, 1.54) is 42.2 Å². The number of hydrogen-bond donors (Lipinski definition) is 1. The number of ether oxygens (including phenoxy) is 1. The van der Waals surface area contributed by atoms with Crippen molar-refractivity contribution in [2.45, 2.75) is 19.5 Å². The topological polar surface area (TPSA) is 102 Å². The van der Waals surface area contributed by atoms with Gasteiger partial charge < -0.3 is 10.1 Å². The molecule has 2 aromatic heterocycles. The molecule has 3 heterocycles. The summed E-state index contributed by atoms with van der Waals surface area (Å²) in [7, 11) is 1.33. The summed E-state index contributed by atoms with van der Waals surface area (Å²) in [5, 5.41) is 14.1. The number of esters is 1. The van der Waals surface area contributed by atoms with Crippen LogP contribution in [0.5, 0.6) is 0 Å². The van der Waals surface area contributed by atoms with Gasteiger partial charge in [-0.05, 0) is 29.7 Å². The maximum absolute atomic E-state index is 12.5. The van der Waals surface area contributed by atoms with Crippen molar-refractivity contribution in [1.29, 1.82) is 0 Å². The summed E-state index contributed by atoms with van der Waals surface area (Å²) in [6.45, 7) is 2.29. The SMILES string of the molecule is COC(=O)c1c(NC(=O)/C=C/c2ccc([N+](=O)[O-])s2)sc2c1CCN(Cc1ccccc1)C2. The highest BCUT2D eigenvalue weighted by Crippen LogP contribution is 2.38. The zero-order chi connectivity index (χ0) is 23.4. The first-order chi connectivity index (χ1) is 15.9. The highest BCUT2D eigenvalue weighted by molar-refractivity contribution is 7.17. The largest absolute Gasteiger partial charge is 0.465 e. The van der Waals surface area contributed by atoms with Crippen molar-refractivity contribution in [3.63, 3.8) is 0 Å². The number of methoxy groups -OCH3 is 1. The lowest BCUT2D eigenvalue weighted by molar-refractivity contribution is -0.380. The van der Waals surface area contributed by atoms with Gasteiger partial charge >= 0.3 is 11.0 Å². The molecule has 0 unspecified atom stereocenters. The van der Waals surface area contributed by atoms with E-state index in [1.54, 1.807) is 6.07 Å². The average Bonchev–Trinajstić information content (AvgIpc) is 3.42. The summed E-state index contributed by atoms with van der Waals surface area (Å²) < 4.78 is 4.98. The fraction of sp³-hybridized carbons (Fsp3) is 0.217. The second-order valence-corrected chi connectivity index (χ2v) is 9.60. The number of amides is 1. The summed E-state index contributed by atoms with van der Waals surface area (Å²) in [6.07, 6.45) is 3.50. The molecule has 3 aromatic rings. The molecule has 1 aliphatic rings. The number of rotatable bonds is 7. The molecule has 0 bridgehead atoms. The minimum Gasteiger partial charge on any atom is -0.465 e. The van der Waals surface area contributed by atoms with E-state index >= 15 is 0 Å². The summed E-state index contributed by atoms with van der Waals surface area (Å²) in [5.74, 6) is -0.895. The van der Waals surface area contributed by atoms with Crippen molar-refractivity contribution in [2.24, 2.45) is 0 Å². The Morgan fingerprint density at radius 3 is 2.70 bits per heavy atom. The number of fused-ring (bicyclic) bond motifs is 1. The van der Waals surface area contributed by atoms with Crippen LogP contribution < -0.4 is 5.32 Å². The van der Waals surface area contributed by atoms with Crippen molar-refractivity contribution in [3.8, 4) is 0 Å². The Morgan fingerprint density at radius 1 is 1.21 bits per heavy atom. The third-order valence-electron chi connectivity index (χ3n) is 5.20. The molecule has 33 heavy (non-hydrogen) atoms. The van der Waals surface area contributed by atoms with E-state index in [0.717, 1.165) is 34.9 Å². The fourth-order valence-electron chi connectivity index (χ4n) is 3.68. The Balaban J connectivity index is 1.50. The molecule has 1 amide bonds. The van der Waals surface area contributed by atoms with Crippen LogP contribution in [0.2, 0.25) is 0 Å². The number of nitrogens with zero attached hydrogens (tertiary/aromatic N) is 2. The van der Waals surface area contributed by atoms with Crippen LogP contribution in [-0.2, 0) is 29.0 Å². The van der Waals surface area contributed by atoms with Crippen LogP contribution in [0.4, 0.5) is 10.0 Å². The molecule has 8 nitrogen and oxygen atoms in total. The fourth-order valence-corrected chi connectivity index (χ4v) is 5.69. The number of carbonyl (C=O) groups excluding carboxylic acids is 2. The number of thiophene rings is 2. The van der Waals surface area contributed by atoms with Crippen LogP contribution >= 0.6 is 22.7 Å². The first-order valence-electron chi connectivity index (χ1n) is 10.2. The van der Waals surface area contributed by atoms with Gasteiger partial charge in [-0.1, -0.05) is 41.7 Å². The molecule has 0 saturated carbocycles. The lowest BCUT2D eigenvalue weighted by Gasteiger charge is -2.27. The first-order valence-corrected chi connectivity index (χ1v) is 11.8. The molecular weight excluding hydrogens is 462 g/mol. The molecule has 1 N–H and O–H groups in total. The molecule has 1 aliphatic heterocycles. The van der Waals surface area contributed by atoms with Gasteiger partial charge in [-0.2, -0.15) is 0 Å². The highest BCUT2D eigenvalue weighted by atomic mass is 32.1. The lowest BCUT2D eigenvalue weighted by Crippen LogP contribution is -2.29. The molecule has 10 heteroatoms. The zero-order valence-corrected chi connectivity index (χ0v) is 19.4. The van der Waals surface area contributed by atoms with Gasteiger partial charge in [0.15, 0.2) is 0 Å². The van der Waals surface area contributed by atoms with E-state index in [2.05, 4.69) is 22.3 Å². The normalized spacial score (nSPS) is 13.6. The smallest absolute Gasteiger partial charge is 0.341 e. The quantitative estimate of drug-likeness (QED) is 0.226. The highest BCUT2D eigenvalue weighted by Gasteiger charge is 2.29. The molecular formula is C23H21N3O5S2. The van der Waals surface area contributed by atoms with E-state index in [1.807, 2.05) is 18.2 Å². The van der Waals surface area contributed by atoms with Crippen LogP contribution in [0.15, 0.2) is 48.5 Å². The molecule has 0 atom stereocenters. The van der Waals surface area contributed by atoms with Gasteiger partial charge in [-0.25, -0.2) is 4.79 Å². The van der Waals surface area contributed by atoms with Crippen molar-refractivity contribution in [2.75, 3.05) is 19.0 Å². The number of carbonyl (C=O) groups is 2. The minimum absolute atomic E-state index is 0.00836. The summed E-state index contributed by atoms with van der Waals surface area (Å²) >= 11 is 2.36. The van der Waals surface area contributed by atoms with Crippen LogP contribution in [0.1, 0.15) is 31.2 Å². The monoisotopic (exact) mass is 483 g/mol. The molecule has 0 spiro atoms. The molecule has 0 saturated heterocycles. The Hall–Kier alpha value is -3.34. The number of nitrogens with one attached hydrogen (secondary N) is 1. The van der Waals surface area contributed by atoms with Gasteiger partial charge in [0.05, 0.1) is 17.6 Å². The van der Waals surface area contributed by atoms with E-state index in [4.69, 9.17) is 4.74 Å². The van der Waals surface area contributed by atoms with Crippen LogP contribution in [0.25, 0.3) is 6.08 Å². The Labute approximate surface area is 198 Å². The predicted molar refractivity (Wildman–Crippen MR) is 129 cm³/mol. The van der Waals surface area contributed by atoms with Crippen LogP contribution in [0, 0.1) is 10.1 Å². The summed E-state index contributed by atoms with van der Waals surface area (Å²) in [6, 6.07) is 13.2. The maximum Gasteiger partial charge on any atom is 0.341 e. The van der Waals surface area contributed by atoms with Crippen LogP contribution in [0.3, 0.4) is 0 Å². The number of benzene rings is 1. The van der Waals surface area contributed by atoms with E-state index in [9.17, 15) is 19.7 Å². The van der Waals surface area contributed by atoms with Gasteiger partial charge in [0.2, 0.25) is 5.91 Å². The van der Waals surface area contributed by atoms with Gasteiger partial charge in [0.25, 0.3) is 0 Å². The van der Waals surface area contributed by atoms with Gasteiger partial charge in [-0.15, -0.1) is 11.3 Å². The van der Waals surface area contributed by atoms with Crippen molar-refractivity contribution in [3.05, 3.63) is 85.1 Å². The third-order valence-corrected chi connectivity index (χ3v) is 7.34. The summed E-state index contributed by atoms with van der Waals surface area (Å²) in [5.41, 5.74) is 2.55. The van der Waals surface area contributed by atoms with E-state index in [-0.39, 0.29) is 5.00 Å². The Morgan fingerprint density at radius 2 is 2.00 bits per heavy atom. The van der Waals surface area contributed by atoms with E-state index < -0.39 is 16.8 Å². The molecule has 0 fully saturated rings. The van der Waals surface area contributed by atoms with Crippen molar-refractivity contribution >= 4 is 50.6 Å². The van der Waals surface area contributed by atoms with Crippen LogP contribution in [-0.4, -0.2) is 35.4 Å². The third kappa shape index (κ3) is 5.36. The number of nitro groups is 1. The second kappa shape index (κ2) is 10.1. The molecule has 4 rings (SSSR count). The van der Waals surface area contributed by atoms with Crippen molar-refractivity contribution in [1.82, 2.24) is 4.90 Å². The van der Waals surface area contributed by atoms with E-state index in [0.29, 0.717) is 28.4 Å².